The topological polar surface area (TPSA) is 90.5 Å². The van der Waals surface area contributed by atoms with Crippen molar-refractivity contribution in [3.63, 3.8) is 0 Å². The molecule has 136 valence electrons. The fourth-order valence-electron chi connectivity index (χ4n) is 2.96. The van der Waals surface area contributed by atoms with Crippen LogP contribution < -0.4 is 5.32 Å². The van der Waals surface area contributed by atoms with Crippen molar-refractivity contribution < 1.29 is 4.79 Å². The summed E-state index contributed by atoms with van der Waals surface area (Å²) in [5.41, 5.74) is 2.80. The number of hydrogen-bond acceptors (Lipinski definition) is 5. The third-order valence-corrected chi connectivity index (χ3v) is 4.38. The number of rotatable bonds is 6. The molecule has 4 aromatic rings. The van der Waals surface area contributed by atoms with Gasteiger partial charge in [-0.25, -0.2) is 15.0 Å². The summed E-state index contributed by atoms with van der Waals surface area (Å²) in [5.74, 6) is 0.493. The van der Waals surface area contributed by atoms with Gasteiger partial charge in [-0.3, -0.25) is 14.0 Å². The minimum Gasteiger partial charge on any atom is -0.352 e. The summed E-state index contributed by atoms with van der Waals surface area (Å²) in [6.07, 6.45) is 6.56. The van der Waals surface area contributed by atoms with Gasteiger partial charge in [0.25, 0.3) is 0 Å². The highest BCUT2D eigenvalue weighted by molar-refractivity contribution is 5.79. The maximum atomic E-state index is 12.4. The van der Waals surface area contributed by atoms with Crippen molar-refractivity contribution in [2.75, 3.05) is 0 Å². The number of fused-ring (bicyclic) bond motifs is 1. The van der Waals surface area contributed by atoms with Crippen molar-refractivity contribution in [1.29, 1.82) is 0 Å². The normalized spacial score (nSPS) is 12.2. The summed E-state index contributed by atoms with van der Waals surface area (Å²) in [5, 5.41) is 7.03. The second kappa shape index (κ2) is 7.36. The Labute approximate surface area is 155 Å². The molecule has 0 saturated heterocycles. The number of hydrogen-bond donors (Lipinski definition) is 1. The monoisotopic (exact) mass is 361 g/mol. The maximum absolute atomic E-state index is 12.4. The number of nitrogens with one attached hydrogen (secondary N) is 1. The number of nitrogens with zero attached hydrogens (tertiary/aromatic N) is 6. The predicted molar refractivity (Wildman–Crippen MR) is 99.9 cm³/mol. The van der Waals surface area contributed by atoms with Crippen molar-refractivity contribution in [1.82, 2.24) is 34.6 Å². The molecule has 3 aromatic heterocycles. The van der Waals surface area contributed by atoms with Crippen molar-refractivity contribution >= 4 is 16.9 Å². The molecule has 1 N–H and O–H groups in total. The Morgan fingerprint density at radius 2 is 2.04 bits per heavy atom. The van der Waals surface area contributed by atoms with E-state index in [0.29, 0.717) is 13.1 Å². The van der Waals surface area contributed by atoms with Crippen LogP contribution in [0.5, 0.6) is 0 Å². The van der Waals surface area contributed by atoms with E-state index in [1.807, 2.05) is 47.9 Å². The number of pyridine rings is 1. The largest absolute Gasteiger partial charge is 0.352 e. The van der Waals surface area contributed by atoms with Crippen LogP contribution >= 0.6 is 0 Å². The fourth-order valence-corrected chi connectivity index (χ4v) is 2.96. The highest BCUT2D eigenvalue weighted by Gasteiger charge is 2.15. The molecule has 0 spiro atoms. The minimum absolute atomic E-state index is 0.0456. The van der Waals surface area contributed by atoms with E-state index in [1.54, 1.807) is 23.5 Å². The summed E-state index contributed by atoms with van der Waals surface area (Å²) in [4.78, 5) is 25.3. The quantitative estimate of drug-likeness (QED) is 0.567. The van der Waals surface area contributed by atoms with Gasteiger partial charge in [0.05, 0.1) is 23.5 Å². The lowest BCUT2D eigenvalue weighted by Crippen LogP contribution is -2.31. The van der Waals surface area contributed by atoms with Gasteiger partial charge in [-0.05, 0) is 18.2 Å². The van der Waals surface area contributed by atoms with Gasteiger partial charge < -0.3 is 5.32 Å². The number of imidazole rings is 1. The summed E-state index contributed by atoms with van der Waals surface area (Å²) < 4.78 is 3.59. The van der Waals surface area contributed by atoms with Crippen LogP contribution in [0.25, 0.3) is 16.9 Å². The minimum atomic E-state index is -0.221. The zero-order valence-electron chi connectivity index (χ0n) is 14.9. The van der Waals surface area contributed by atoms with Crippen LogP contribution in [0.1, 0.15) is 12.5 Å². The lowest BCUT2D eigenvalue weighted by molar-refractivity contribution is -0.125. The van der Waals surface area contributed by atoms with Crippen LogP contribution in [-0.2, 0) is 17.9 Å². The van der Waals surface area contributed by atoms with Crippen LogP contribution in [-0.4, -0.2) is 35.2 Å². The van der Waals surface area contributed by atoms with Crippen LogP contribution in [0.3, 0.4) is 0 Å². The Morgan fingerprint density at radius 1 is 1.15 bits per heavy atom. The van der Waals surface area contributed by atoms with E-state index in [4.69, 9.17) is 0 Å². The molecule has 0 fully saturated rings. The van der Waals surface area contributed by atoms with Crippen LogP contribution in [0.15, 0.2) is 61.6 Å². The van der Waals surface area contributed by atoms with Gasteiger partial charge in [0.2, 0.25) is 5.91 Å². The standard InChI is InChI=1S/C19H19N7O/c1-14(10-25-12-20-11-24-25)19(27)22-9-15-5-4-8-21-18(15)26-13-23-16-6-2-3-7-17(16)26/h2-8,11-14H,9-10H2,1H3,(H,22,27)/t14-/m0/s1. The highest BCUT2D eigenvalue weighted by atomic mass is 16.1. The zero-order chi connectivity index (χ0) is 18.6. The van der Waals surface area contributed by atoms with E-state index < -0.39 is 0 Å². The fraction of sp³-hybridized carbons (Fsp3) is 0.211. The van der Waals surface area contributed by atoms with Crippen LogP contribution in [0, 0.1) is 5.92 Å². The number of benzene rings is 1. The summed E-state index contributed by atoms with van der Waals surface area (Å²) in [6.45, 7) is 2.73. The molecule has 0 unspecified atom stereocenters. The second-order valence-corrected chi connectivity index (χ2v) is 6.33. The Kier molecular flexibility index (Phi) is 4.61. The van der Waals surface area contributed by atoms with Crippen molar-refractivity contribution in [3.05, 3.63) is 67.1 Å². The Morgan fingerprint density at radius 3 is 2.89 bits per heavy atom. The van der Waals surface area contributed by atoms with E-state index in [1.165, 1.54) is 6.33 Å². The van der Waals surface area contributed by atoms with E-state index in [-0.39, 0.29) is 11.8 Å². The Hall–Kier alpha value is -3.55. The number of carbonyl (C=O) groups excluding carboxylic acids is 1. The molecule has 4 rings (SSSR count). The zero-order valence-corrected chi connectivity index (χ0v) is 14.9. The second-order valence-electron chi connectivity index (χ2n) is 6.33. The van der Waals surface area contributed by atoms with Crippen molar-refractivity contribution in [2.45, 2.75) is 20.0 Å². The van der Waals surface area contributed by atoms with Crippen molar-refractivity contribution in [3.8, 4) is 5.82 Å². The Bertz CT molecular complexity index is 1050. The molecule has 8 nitrogen and oxygen atoms in total. The molecule has 0 aliphatic heterocycles. The third kappa shape index (κ3) is 3.55. The molecular formula is C19H19N7O. The van der Waals surface area contributed by atoms with Gasteiger partial charge in [0.1, 0.15) is 24.8 Å². The first-order chi connectivity index (χ1) is 13.2. The SMILES string of the molecule is C[C@@H](Cn1cncn1)C(=O)NCc1cccnc1-n1cnc2ccccc21. The predicted octanol–water partition coefficient (Wildman–Crippen LogP) is 1.96. The summed E-state index contributed by atoms with van der Waals surface area (Å²) >= 11 is 0. The van der Waals surface area contributed by atoms with Crippen molar-refractivity contribution in [2.24, 2.45) is 5.92 Å². The molecule has 0 aliphatic carbocycles. The van der Waals surface area contributed by atoms with Gasteiger partial charge in [0, 0.05) is 18.3 Å². The van der Waals surface area contributed by atoms with E-state index in [2.05, 4.69) is 25.4 Å². The molecule has 1 aromatic carbocycles. The average Bonchev–Trinajstić information content (AvgIpc) is 3.36. The average molecular weight is 361 g/mol. The molecular weight excluding hydrogens is 342 g/mol. The first kappa shape index (κ1) is 16.9. The number of amides is 1. The van der Waals surface area contributed by atoms with Gasteiger partial charge in [-0.15, -0.1) is 0 Å². The first-order valence-electron chi connectivity index (χ1n) is 8.69. The number of para-hydroxylation sites is 2. The maximum Gasteiger partial charge on any atom is 0.224 e. The lowest BCUT2D eigenvalue weighted by Gasteiger charge is -2.14. The molecule has 0 radical (unpaired) electrons. The lowest BCUT2D eigenvalue weighted by atomic mass is 10.1. The third-order valence-electron chi connectivity index (χ3n) is 4.38. The van der Waals surface area contributed by atoms with E-state index in [9.17, 15) is 4.79 Å². The molecule has 0 bridgehead atoms. The molecule has 1 amide bonds. The molecule has 8 heteroatoms. The molecule has 0 aliphatic rings. The molecule has 3 heterocycles. The molecule has 1 atom stereocenters. The molecule has 0 saturated carbocycles. The summed E-state index contributed by atoms with van der Waals surface area (Å²) in [6, 6.07) is 11.7. The van der Waals surface area contributed by atoms with Gasteiger partial charge >= 0.3 is 0 Å². The van der Waals surface area contributed by atoms with Gasteiger partial charge in [-0.1, -0.05) is 25.1 Å². The van der Waals surface area contributed by atoms with Gasteiger partial charge in [-0.2, -0.15) is 5.10 Å². The highest BCUT2D eigenvalue weighted by Crippen LogP contribution is 2.19. The molecule has 27 heavy (non-hydrogen) atoms. The van der Waals surface area contributed by atoms with E-state index in [0.717, 1.165) is 22.4 Å². The van der Waals surface area contributed by atoms with Crippen LogP contribution in [0.4, 0.5) is 0 Å². The smallest absolute Gasteiger partial charge is 0.224 e. The van der Waals surface area contributed by atoms with E-state index >= 15 is 0 Å². The van der Waals surface area contributed by atoms with Crippen LogP contribution in [0.2, 0.25) is 0 Å². The number of carbonyl (C=O) groups is 1. The number of aromatic nitrogens is 6. The van der Waals surface area contributed by atoms with Gasteiger partial charge in [0.15, 0.2) is 0 Å². The Balaban J connectivity index is 1.51. The summed E-state index contributed by atoms with van der Waals surface area (Å²) in [7, 11) is 0. The first-order valence-corrected chi connectivity index (χ1v) is 8.69.